The maximum Gasteiger partial charge on any atom is 0.284 e. The number of hydrogen-bond acceptors (Lipinski definition) is 6. The fourth-order valence-electron chi connectivity index (χ4n) is 2.14. The molecule has 0 atom stereocenters. The highest BCUT2D eigenvalue weighted by molar-refractivity contribution is 7.99. The molecule has 6 nitrogen and oxygen atoms in total. The molecule has 0 radical (unpaired) electrons. The molecular weight excluding hydrogens is 314 g/mol. The molecule has 2 aromatic heterocycles. The highest BCUT2D eigenvalue weighted by atomic mass is 32.2. The van der Waals surface area contributed by atoms with Gasteiger partial charge in [0.25, 0.3) is 11.1 Å². The Hall–Kier alpha value is -2.54. The van der Waals surface area contributed by atoms with Gasteiger partial charge in [-0.25, -0.2) is 0 Å². The molecule has 0 bridgehead atoms. The number of aromatic nitrogens is 2. The van der Waals surface area contributed by atoms with E-state index in [2.05, 4.69) is 21.6 Å². The van der Waals surface area contributed by atoms with Gasteiger partial charge in [0.05, 0.1) is 12.0 Å². The van der Waals surface area contributed by atoms with Crippen LogP contribution in [-0.2, 0) is 4.79 Å². The Bertz CT molecular complexity index is 792. The molecule has 118 valence electrons. The lowest BCUT2D eigenvalue weighted by atomic mass is 10.1. The molecule has 23 heavy (non-hydrogen) atoms. The number of nitrogens with one attached hydrogen (secondary N) is 1. The number of carbonyl (C=O) groups is 1. The Morgan fingerprint density at radius 2 is 2.00 bits per heavy atom. The fourth-order valence-corrected chi connectivity index (χ4v) is 2.70. The quantitative estimate of drug-likeness (QED) is 0.719. The van der Waals surface area contributed by atoms with Gasteiger partial charge in [-0.1, -0.05) is 17.8 Å². The van der Waals surface area contributed by atoms with Crippen molar-refractivity contribution in [3.63, 3.8) is 0 Å². The summed E-state index contributed by atoms with van der Waals surface area (Å²) in [5, 5.41) is 11.0. The smallest absolute Gasteiger partial charge is 0.284 e. The zero-order valence-electron chi connectivity index (χ0n) is 12.7. The van der Waals surface area contributed by atoms with Gasteiger partial charge in [0, 0.05) is 5.69 Å². The number of hydrogen-bond donors (Lipinski definition) is 1. The summed E-state index contributed by atoms with van der Waals surface area (Å²) < 4.78 is 10.6. The zero-order valence-corrected chi connectivity index (χ0v) is 13.5. The minimum absolute atomic E-state index is 0.127. The van der Waals surface area contributed by atoms with Crippen molar-refractivity contribution in [2.45, 2.75) is 19.1 Å². The van der Waals surface area contributed by atoms with Crippen LogP contribution in [0.4, 0.5) is 5.69 Å². The van der Waals surface area contributed by atoms with E-state index in [9.17, 15) is 4.79 Å². The Kier molecular flexibility index (Phi) is 4.47. The van der Waals surface area contributed by atoms with E-state index in [4.69, 9.17) is 8.83 Å². The van der Waals surface area contributed by atoms with Crippen molar-refractivity contribution in [2.75, 3.05) is 11.1 Å². The van der Waals surface area contributed by atoms with Gasteiger partial charge in [-0.2, -0.15) is 0 Å². The molecule has 7 heteroatoms. The first kappa shape index (κ1) is 15.4. The number of anilines is 1. The molecule has 0 spiro atoms. The Morgan fingerprint density at radius 1 is 1.22 bits per heavy atom. The molecule has 0 aliphatic carbocycles. The van der Waals surface area contributed by atoms with Crippen molar-refractivity contribution in [2.24, 2.45) is 0 Å². The van der Waals surface area contributed by atoms with Crippen molar-refractivity contribution in [3.8, 4) is 11.7 Å². The van der Waals surface area contributed by atoms with Crippen LogP contribution < -0.4 is 5.32 Å². The van der Waals surface area contributed by atoms with E-state index in [1.165, 1.54) is 18.0 Å². The second kappa shape index (κ2) is 6.70. The Morgan fingerprint density at radius 3 is 2.70 bits per heavy atom. The third-order valence-corrected chi connectivity index (χ3v) is 3.79. The molecule has 0 saturated heterocycles. The second-order valence-corrected chi connectivity index (χ2v) is 5.99. The summed E-state index contributed by atoms with van der Waals surface area (Å²) in [6.45, 7) is 3.98. The number of furan rings is 1. The normalized spacial score (nSPS) is 10.7. The largest absolute Gasteiger partial charge is 0.459 e. The number of carbonyl (C=O) groups excluding carboxylic acids is 1. The first-order valence-corrected chi connectivity index (χ1v) is 7.97. The summed E-state index contributed by atoms with van der Waals surface area (Å²) in [6.07, 6.45) is 1.53. The molecule has 0 aliphatic rings. The van der Waals surface area contributed by atoms with Crippen LogP contribution in [0.1, 0.15) is 11.1 Å². The molecule has 0 aliphatic heterocycles. The number of rotatable bonds is 5. The maximum atomic E-state index is 12.0. The molecule has 1 aromatic carbocycles. The predicted octanol–water partition coefficient (Wildman–Crippen LogP) is 3.68. The van der Waals surface area contributed by atoms with E-state index in [1.54, 1.807) is 12.1 Å². The molecule has 0 saturated carbocycles. The number of thioether (sulfide) groups is 1. The van der Waals surface area contributed by atoms with Crippen LogP contribution in [0.15, 0.2) is 50.7 Å². The molecule has 3 aromatic rings. The van der Waals surface area contributed by atoms with Crippen LogP contribution in [-0.4, -0.2) is 21.9 Å². The third-order valence-electron chi connectivity index (χ3n) is 2.97. The third kappa shape index (κ3) is 4.01. The second-order valence-electron chi connectivity index (χ2n) is 5.06. The average molecular weight is 329 g/mol. The molecule has 3 rings (SSSR count). The lowest BCUT2D eigenvalue weighted by molar-refractivity contribution is -0.113. The number of nitrogens with zero attached hydrogens (tertiary/aromatic N) is 2. The standard InChI is InChI=1S/C16H15N3O3S/c1-10-6-11(2)8-12(7-10)17-14(20)9-23-16-19-18-15(22-16)13-4-3-5-21-13/h3-8H,9H2,1-2H3,(H,17,20). The Labute approximate surface area is 137 Å². The van der Waals surface area contributed by atoms with Crippen LogP contribution in [0.3, 0.4) is 0 Å². The molecule has 2 heterocycles. The van der Waals surface area contributed by atoms with Crippen molar-refractivity contribution >= 4 is 23.4 Å². The van der Waals surface area contributed by atoms with Gasteiger partial charge in [-0.15, -0.1) is 10.2 Å². The van der Waals surface area contributed by atoms with Gasteiger partial charge in [-0.05, 0) is 49.2 Å². The minimum atomic E-state index is -0.127. The summed E-state index contributed by atoms with van der Waals surface area (Å²) in [4.78, 5) is 12.0. The molecule has 1 N–H and O–H groups in total. The van der Waals surface area contributed by atoms with Crippen LogP contribution in [0, 0.1) is 13.8 Å². The SMILES string of the molecule is Cc1cc(C)cc(NC(=O)CSc2nnc(-c3ccco3)o2)c1. The van der Waals surface area contributed by atoms with Gasteiger partial charge in [0.2, 0.25) is 5.91 Å². The van der Waals surface area contributed by atoms with Gasteiger partial charge in [0.1, 0.15) is 0 Å². The van der Waals surface area contributed by atoms with Crippen LogP contribution in [0.5, 0.6) is 0 Å². The van der Waals surface area contributed by atoms with Crippen molar-refractivity contribution < 1.29 is 13.6 Å². The summed E-state index contributed by atoms with van der Waals surface area (Å²) >= 11 is 1.18. The Balaban J connectivity index is 1.57. The van der Waals surface area contributed by atoms with Gasteiger partial charge in [-0.3, -0.25) is 4.79 Å². The maximum absolute atomic E-state index is 12.0. The van der Waals surface area contributed by atoms with Gasteiger partial charge < -0.3 is 14.2 Å². The average Bonchev–Trinajstić information content (AvgIpc) is 3.15. The minimum Gasteiger partial charge on any atom is -0.459 e. The highest BCUT2D eigenvalue weighted by Gasteiger charge is 2.13. The number of benzene rings is 1. The van der Waals surface area contributed by atoms with E-state index < -0.39 is 0 Å². The monoisotopic (exact) mass is 329 g/mol. The summed E-state index contributed by atoms with van der Waals surface area (Å²) in [5.74, 6) is 0.862. The van der Waals surface area contributed by atoms with E-state index in [-0.39, 0.29) is 11.7 Å². The molecule has 0 fully saturated rings. The summed E-state index contributed by atoms with van der Waals surface area (Å²) in [6, 6.07) is 9.38. The van der Waals surface area contributed by atoms with Crippen molar-refractivity contribution in [1.29, 1.82) is 0 Å². The predicted molar refractivity (Wildman–Crippen MR) is 87.3 cm³/mol. The topological polar surface area (TPSA) is 81.2 Å². The first-order valence-electron chi connectivity index (χ1n) is 6.98. The van der Waals surface area contributed by atoms with Crippen molar-refractivity contribution in [1.82, 2.24) is 10.2 Å². The molecule has 0 unspecified atom stereocenters. The molecule has 1 amide bonds. The highest BCUT2D eigenvalue weighted by Crippen LogP contribution is 2.23. The lowest BCUT2D eigenvalue weighted by Gasteiger charge is -2.06. The van der Waals surface area contributed by atoms with Crippen LogP contribution >= 0.6 is 11.8 Å². The van der Waals surface area contributed by atoms with E-state index >= 15 is 0 Å². The van der Waals surface area contributed by atoms with E-state index in [0.717, 1.165) is 16.8 Å². The van der Waals surface area contributed by atoms with Crippen molar-refractivity contribution in [3.05, 3.63) is 47.7 Å². The van der Waals surface area contributed by atoms with E-state index in [1.807, 2.05) is 26.0 Å². The number of aryl methyl sites for hydroxylation is 2. The van der Waals surface area contributed by atoms with Gasteiger partial charge >= 0.3 is 0 Å². The lowest BCUT2D eigenvalue weighted by Crippen LogP contribution is -2.14. The van der Waals surface area contributed by atoms with E-state index in [0.29, 0.717) is 16.9 Å². The van der Waals surface area contributed by atoms with Crippen LogP contribution in [0.2, 0.25) is 0 Å². The van der Waals surface area contributed by atoms with Gasteiger partial charge in [0.15, 0.2) is 5.76 Å². The fraction of sp³-hybridized carbons (Fsp3) is 0.188. The first-order chi connectivity index (χ1) is 11.1. The summed E-state index contributed by atoms with van der Waals surface area (Å²) in [5.41, 5.74) is 3.00. The van der Waals surface area contributed by atoms with Crippen LogP contribution in [0.25, 0.3) is 11.7 Å². The zero-order chi connectivity index (χ0) is 16.2. The summed E-state index contributed by atoms with van der Waals surface area (Å²) in [7, 11) is 0. The molecular formula is C16H15N3O3S. The number of amides is 1.